The Balaban J connectivity index is 1.90. The molecule has 1 aliphatic carbocycles. The van der Waals surface area contributed by atoms with Gasteiger partial charge in [0.1, 0.15) is 18.1 Å². The van der Waals surface area contributed by atoms with Gasteiger partial charge in [0, 0.05) is 6.04 Å². The van der Waals surface area contributed by atoms with Gasteiger partial charge >= 0.3 is 6.03 Å². The fraction of sp³-hybridized carbons (Fsp3) is 0.467. The van der Waals surface area contributed by atoms with Gasteiger partial charge in [-0.3, -0.25) is 5.32 Å². The molecule has 0 unspecified atom stereocenters. The molecule has 1 heterocycles. The normalized spacial score (nSPS) is 15.1. The minimum Gasteiger partial charge on any atom is -0.384 e. The SMILES string of the molecule is O=C(Nc1cccc(C#CCO)n1)NC1CCCCC1. The van der Waals surface area contributed by atoms with Gasteiger partial charge in [0.05, 0.1) is 0 Å². The quantitative estimate of drug-likeness (QED) is 0.720. The maximum Gasteiger partial charge on any atom is 0.320 e. The predicted octanol–water partition coefficient (Wildman–Crippen LogP) is 1.88. The topological polar surface area (TPSA) is 74.2 Å². The summed E-state index contributed by atoms with van der Waals surface area (Å²) in [6, 6.07) is 5.25. The van der Waals surface area contributed by atoms with Crippen LogP contribution in [0.15, 0.2) is 18.2 Å². The van der Waals surface area contributed by atoms with E-state index in [-0.39, 0.29) is 18.7 Å². The Hall–Kier alpha value is -2.06. The molecule has 5 nitrogen and oxygen atoms in total. The molecule has 1 fully saturated rings. The second kappa shape index (κ2) is 7.51. The Morgan fingerprint density at radius 1 is 1.35 bits per heavy atom. The number of pyridine rings is 1. The Bertz CT molecular complexity index is 513. The zero-order valence-electron chi connectivity index (χ0n) is 11.4. The lowest BCUT2D eigenvalue weighted by Crippen LogP contribution is -2.39. The van der Waals surface area contributed by atoms with Crippen molar-refractivity contribution < 1.29 is 9.90 Å². The first kappa shape index (κ1) is 14.4. The van der Waals surface area contributed by atoms with Crippen LogP contribution >= 0.6 is 0 Å². The van der Waals surface area contributed by atoms with Crippen LogP contribution in [0.5, 0.6) is 0 Å². The minimum absolute atomic E-state index is 0.207. The number of anilines is 1. The first-order chi connectivity index (χ1) is 9.78. The van der Waals surface area contributed by atoms with Crippen molar-refractivity contribution in [3.63, 3.8) is 0 Å². The summed E-state index contributed by atoms with van der Waals surface area (Å²) in [5.41, 5.74) is 0.523. The van der Waals surface area contributed by atoms with Crippen LogP contribution in [0, 0.1) is 11.8 Å². The lowest BCUT2D eigenvalue weighted by Gasteiger charge is -2.22. The summed E-state index contributed by atoms with van der Waals surface area (Å²) in [5, 5.41) is 14.3. The number of hydrogen-bond donors (Lipinski definition) is 3. The molecule has 1 aromatic heterocycles. The summed E-state index contributed by atoms with van der Waals surface area (Å²) >= 11 is 0. The highest BCUT2D eigenvalue weighted by molar-refractivity contribution is 5.88. The zero-order valence-corrected chi connectivity index (χ0v) is 11.4. The number of urea groups is 1. The van der Waals surface area contributed by atoms with Crippen LogP contribution in [0.2, 0.25) is 0 Å². The van der Waals surface area contributed by atoms with E-state index < -0.39 is 0 Å². The summed E-state index contributed by atoms with van der Waals surface area (Å²) in [6.45, 7) is -0.207. The van der Waals surface area contributed by atoms with Crippen LogP contribution in [0.1, 0.15) is 37.8 Å². The van der Waals surface area contributed by atoms with Crippen molar-refractivity contribution in [1.82, 2.24) is 10.3 Å². The second-order valence-corrected chi connectivity index (χ2v) is 4.80. The van der Waals surface area contributed by atoms with E-state index in [4.69, 9.17) is 5.11 Å². The summed E-state index contributed by atoms with van der Waals surface area (Å²) in [4.78, 5) is 16.1. The van der Waals surface area contributed by atoms with Gasteiger partial charge in [0.15, 0.2) is 0 Å². The highest BCUT2D eigenvalue weighted by Gasteiger charge is 2.15. The third kappa shape index (κ3) is 4.56. The lowest BCUT2D eigenvalue weighted by atomic mass is 9.96. The first-order valence-corrected chi connectivity index (χ1v) is 6.92. The number of aromatic nitrogens is 1. The van der Waals surface area contributed by atoms with E-state index >= 15 is 0 Å². The number of aliphatic hydroxyl groups is 1. The van der Waals surface area contributed by atoms with Gasteiger partial charge in [-0.25, -0.2) is 9.78 Å². The molecule has 0 radical (unpaired) electrons. The van der Waals surface area contributed by atoms with Gasteiger partial charge in [-0.1, -0.05) is 31.2 Å². The summed E-state index contributed by atoms with van der Waals surface area (Å²) in [7, 11) is 0. The number of rotatable bonds is 2. The molecule has 3 N–H and O–H groups in total. The maximum absolute atomic E-state index is 11.9. The molecule has 0 aromatic carbocycles. The molecule has 2 amide bonds. The van der Waals surface area contributed by atoms with E-state index in [9.17, 15) is 4.79 Å². The third-order valence-electron chi connectivity index (χ3n) is 3.23. The van der Waals surface area contributed by atoms with Crippen molar-refractivity contribution in [2.45, 2.75) is 38.1 Å². The van der Waals surface area contributed by atoms with Crippen LogP contribution in [0.3, 0.4) is 0 Å². The molecular weight excluding hydrogens is 254 g/mol. The Morgan fingerprint density at radius 3 is 2.90 bits per heavy atom. The Morgan fingerprint density at radius 2 is 2.15 bits per heavy atom. The minimum atomic E-state index is -0.225. The second-order valence-electron chi connectivity index (χ2n) is 4.80. The molecule has 20 heavy (non-hydrogen) atoms. The first-order valence-electron chi connectivity index (χ1n) is 6.92. The number of carbonyl (C=O) groups is 1. The molecule has 0 bridgehead atoms. The standard InChI is InChI=1S/C15H19N3O2/c19-11-5-9-12-8-4-10-14(16-12)18-15(20)17-13-6-2-1-3-7-13/h4,8,10,13,19H,1-3,6-7,11H2,(H2,16,17,18,20). The van der Waals surface area contributed by atoms with Crippen molar-refractivity contribution in [3.8, 4) is 11.8 Å². The molecule has 0 saturated heterocycles. The Kier molecular flexibility index (Phi) is 5.39. The van der Waals surface area contributed by atoms with E-state index in [1.165, 1.54) is 19.3 Å². The number of hydrogen-bond acceptors (Lipinski definition) is 3. The molecule has 0 aliphatic heterocycles. The molecule has 0 atom stereocenters. The van der Waals surface area contributed by atoms with Crippen LogP contribution in [0.25, 0.3) is 0 Å². The van der Waals surface area contributed by atoms with E-state index in [1.54, 1.807) is 18.2 Å². The predicted molar refractivity (Wildman–Crippen MR) is 77.2 cm³/mol. The third-order valence-corrected chi connectivity index (χ3v) is 3.23. The fourth-order valence-corrected chi connectivity index (χ4v) is 2.29. The summed E-state index contributed by atoms with van der Waals surface area (Å²) in [5.74, 6) is 5.69. The summed E-state index contributed by atoms with van der Waals surface area (Å²) in [6.07, 6.45) is 5.70. The monoisotopic (exact) mass is 273 g/mol. The van der Waals surface area contributed by atoms with Crippen molar-refractivity contribution in [2.24, 2.45) is 0 Å². The average molecular weight is 273 g/mol. The molecule has 106 valence electrons. The van der Waals surface area contributed by atoms with Crippen molar-refractivity contribution in [3.05, 3.63) is 23.9 Å². The fourth-order valence-electron chi connectivity index (χ4n) is 2.29. The average Bonchev–Trinajstić information content (AvgIpc) is 2.46. The zero-order chi connectivity index (χ0) is 14.2. The molecular formula is C15H19N3O2. The van der Waals surface area contributed by atoms with Gasteiger partial charge in [0.25, 0.3) is 0 Å². The molecule has 5 heteroatoms. The van der Waals surface area contributed by atoms with Crippen molar-refractivity contribution >= 4 is 11.8 Å². The van der Waals surface area contributed by atoms with Gasteiger partial charge in [-0.2, -0.15) is 0 Å². The highest BCUT2D eigenvalue weighted by Crippen LogP contribution is 2.17. The van der Waals surface area contributed by atoms with Crippen LogP contribution in [-0.2, 0) is 0 Å². The van der Waals surface area contributed by atoms with E-state index in [0.717, 1.165) is 12.8 Å². The van der Waals surface area contributed by atoms with E-state index in [1.807, 2.05) is 0 Å². The highest BCUT2D eigenvalue weighted by atomic mass is 16.2. The number of aliphatic hydroxyl groups excluding tert-OH is 1. The molecule has 2 rings (SSSR count). The molecule has 0 spiro atoms. The number of carbonyl (C=O) groups excluding carboxylic acids is 1. The van der Waals surface area contributed by atoms with E-state index in [2.05, 4.69) is 27.5 Å². The number of nitrogens with one attached hydrogen (secondary N) is 2. The maximum atomic E-state index is 11.9. The molecule has 1 aromatic rings. The Labute approximate surface area is 118 Å². The van der Waals surface area contributed by atoms with E-state index in [0.29, 0.717) is 11.5 Å². The van der Waals surface area contributed by atoms with Crippen LogP contribution < -0.4 is 10.6 Å². The van der Waals surface area contributed by atoms with Crippen molar-refractivity contribution in [2.75, 3.05) is 11.9 Å². The molecule has 1 saturated carbocycles. The van der Waals surface area contributed by atoms with Crippen LogP contribution in [-0.4, -0.2) is 28.8 Å². The van der Waals surface area contributed by atoms with Gasteiger partial charge in [-0.05, 0) is 30.9 Å². The molecule has 1 aliphatic rings. The smallest absolute Gasteiger partial charge is 0.320 e. The van der Waals surface area contributed by atoms with Gasteiger partial charge < -0.3 is 10.4 Å². The van der Waals surface area contributed by atoms with Gasteiger partial charge in [0.2, 0.25) is 0 Å². The number of amides is 2. The summed E-state index contributed by atoms with van der Waals surface area (Å²) < 4.78 is 0. The van der Waals surface area contributed by atoms with Crippen LogP contribution in [0.4, 0.5) is 10.6 Å². The van der Waals surface area contributed by atoms with Gasteiger partial charge in [-0.15, -0.1) is 0 Å². The lowest BCUT2D eigenvalue weighted by molar-refractivity contribution is 0.244. The number of nitrogens with zero attached hydrogens (tertiary/aromatic N) is 1. The largest absolute Gasteiger partial charge is 0.384 e. The van der Waals surface area contributed by atoms with Crippen molar-refractivity contribution in [1.29, 1.82) is 0 Å².